The zero-order valence-corrected chi connectivity index (χ0v) is 19.7. The van der Waals surface area contributed by atoms with E-state index in [0.717, 1.165) is 43.1 Å². The molecule has 0 bridgehead atoms. The Morgan fingerprint density at radius 1 is 1.00 bits per heavy atom. The number of aliphatic hydroxyl groups is 1. The first-order valence-electron chi connectivity index (χ1n) is 12.5. The van der Waals surface area contributed by atoms with Gasteiger partial charge in [-0.1, -0.05) is 25.1 Å². The van der Waals surface area contributed by atoms with Crippen molar-refractivity contribution in [3.8, 4) is 0 Å². The Morgan fingerprint density at radius 3 is 2.57 bits per heavy atom. The molecule has 0 radical (unpaired) electrons. The number of rotatable bonds is 6. The van der Waals surface area contributed by atoms with E-state index in [1.54, 1.807) is 0 Å². The summed E-state index contributed by atoms with van der Waals surface area (Å²) in [7, 11) is 4.09. The molecule has 170 valence electrons. The van der Waals surface area contributed by atoms with Gasteiger partial charge in [-0.3, -0.25) is 0 Å². The molecule has 4 fully saturated rings. The third-order valence-corrected chi connectivity index (χ3v) is 9.91. The quantitative estimate of drug-likeness (QED) is 0.371. The highest BCUT2D eigenvalue weighted by Gasteiger charge is 2.59. The van der Waals surface area contributed by atoms with Gasteiger partial charge in [0.15, 0.2) is 0 Å². The number of hydrogen-bond acceptors (Lipinski definition) is 4. The first-order valence-corrected chi connectivity index (χ1v) is 12.5. The number of fused-ring (bicyclic) bond motifs is 5. The molecule has 0 aromatic carbocycles. The first kappa shape index (κ1) is 22.3. The van der Waals surface area contributed by atoms with Gasteiger partial charge in [-0.05, 0) is 118 Å². The summed E-state index contributed by atoms with van der Waals surface area (Å²) in [5.41, 5.74) is 0.933. The Kier molecular flexibility index (Phi) is 6.65. The lowest BCUT2D eigenvalue weighted by atomic mass is 9.44. The number of aliphatic hydroxyl groups excluding tert-OH is 1. The highest BCUT2D eigenvalue weighted by Crippen LogP contribution is 2.67. The minimum absolute atomic E-state index is 0.0389. The molecule has 0 aromatic heterocycles. The largest absolute Gasteiger partial charge is 0.394 e. The average molecular weight is 417 g/mol. The predicted molar refractivity (Wildman–Crippen MR) is 123 cm³/mol. The van der Waals surface area contributed by atoms with Gasteiger partial charge in [0.05, 0.1) is 12.3 Å². The summed E-state index contributed by atoms with van der Waals surface area (Å²) in [6.45, 7) is 6.70. The lowest BCUT2D eigenvalue weighted by Gasteiger charge is -2.60. The Bertz CT molecular complexity index is 647. The molecule has 4 heteroatoms. The highest BCUT2D eigenvalue weighted by atomic mass is 16.6. The van der Waals surface area contributed by atoms with Gasteiger partial charge >= 0.3 is 0 Å². The summed E-state index contributed by atoms with van der Waals surface area (Å²) in [5.74, 6) is 4.10. The summed E-state index contributed by atoms with van der Waals surface area (Å²) in [6.07, 6.45) is 17.9. The molecule has 4 aliphatic rings. The van der Waals surface area contributed by atoms with Crippen LogP contribution in [-0.2, 0) is 4.84 Å². The Balaban J connectivity index is 1.38. The Labute approximate surface area is 184 Å². The van der Waals surface area contributed by atoms with Gasteiger partial charge in [0.2, 0.25) is 0 Å². The van der Waals surface area contributed by atoms with Crippen molar-refractivity contribution >= 4 is 6.21 Å². The lowest BCUT2D eigenvalue weighted by Crippen LogP contribution is -2.53. The maximum absolute atomic E-state index is 10.2. The van der Waals surface area contributed by atoms with Crippen molar-refractivity contribution < 1.29 is 9.94 Å². The van der Waals surface area contributed by atoms with E-state index in [4.69, 9.17) is 4.84 Å². The minimum atomic E-state index is -0.0389. The molecule has 4 nitrogen and oxygen atoms in total. The van der Waals surface area contributed by atoms with E-state index in [9.17, 15) is 5.11 Å². The molecule has 4 rings (SSSR count). The standard InChI is InChI=1S/C26H44N2O2/c1-25-14-12-24-22(9-7-20-18-21(29)11-13-26(20,24)2)23(25)10-8-19(25)6-5-15-27-30-17-16-28(3)4/h5-6,15,19-24,29H,7-14,16-18H2,1-4H3/b6-5+,27-15+/t19-,20+,21-,22-,23-,24-,25+,26-/m0/s1. The molecule has 0 heterocycles. The first-order chi connectivity index (χ1) is 14.3. The van der Waals surface area contributed by atoms with E-state index in [0.29, 0.717) is 23.4 Å². The van der Waals surface area contributed by atoms with Gasteiger partial charge < -0.3 is 14.8 Å². The maximum atomic E-state index is 10.2. The van der Waals surface area contributed by atoms with E-state index >= 15 is 0 Å². The second kappa shape index (κ2) is 8.94. The molecule has 4 aliphatic carbocycles. The lowest BCUT2D eigenvalue weighted by molar-refractivity contribution is -0.124. The van der Waals surface area contributed by atoms with Crippen molar-refractivity contribution in [3.63, 3.8) is 0 Å². The summed E-state index contributed by atoms with van der Waals surface area (Å²) < 4.78 is 0. The molecule has 0 saturated heterocycles. The van der Waals surface area contributed by atoms with Crippen LogP contribution in [0.25, 0.3) is 0 Å². The molecular formula is C26H44N2O2. The van der Waals surface area contributed by atoms with E-state index in [1.807, 2.05) is 20.3 Å². The fourth-order valence-corrected chi connectivity index (χ4v) is 8.13. The van der Waals surface area contributed by atoms with Crippen molar-refractivity contribution in [3.05, 3.63) is 12.2 Å². The van der Waals surface area contributed by atoms with E-state index < -0.39 is 0 Å². The van der Waals surface area contributed by atoms with Gasteiger partial charge in [0.1, 0.15) is 6.61 Å². The van der Waals surface area contributed by atoms with Crippen molar-refractivity contribution in [2.75, 3.05) is 27.2 Å². The van der Waals surface area contributed by atoms with Crippen LogP contribution in [0, 0.1) is 40.4 Å². The summed E-state index contributed by atoms with van der Waals surface area (Å²) >= 11 is 0. The van der Waals surface area contributed by atoms with Gasteiger partial charge in [0, 0.05) is 6.54 Å². The number of nitrogens with zero attached hydrogens (tertiary/aromatic N) is 2. The predicted octanol–water partition coefficient (Wildman–Crippen LogP) is 5.13. The van der Waals surface area contributed by atoms with Crippen LogP contribution in [0.4, 0.5) is 0 Å². The number of oxime groups is 1. The van der Waals surface area contributed by atoms with Crippen LogP contribution in [0.3, 0.4) is 0 Å². The zero-order chi connectivity index (χ0) is 21.4. The molecule has 0 aliphatic heterocycles. The molecule has 8 atom stereocenters. The maximum Gasteiger partial charge on any atom is 0.129 e. The summed E-state index contributed by atoms with van der Waals surface area (Å²) in [6, 6.07) is 0. The van der Waals surface area contributed by atoms with Gasteiger partial charge in [-0.15, -0.1) is 0 Å². The fourth-order valence-electron chi connectivity index (χ4n) is 8.13. The molecule has 0 amide bonds. The van der Waals surface area contributed by atoms with Crippen LogP contribution in [0.2, 0.25) is 0 Å². The van der Waals surface area contributed by atoms with Gasteiger partial charge in [-0.25, -0.2) is 0 Å². The fraction of sp³-hybridized carbons (Fsp3) is 0.885. The van der Waals surface area contributed by atoms with Crippen molar-refractivity contribution in [1.29, 1.82) is 0 Å². The number of likely N-dealkylation sites (N-methyl/N-ethyl adjacent to an activating group) is 1. The molecule has 30 heavy (non-hydrogen) atoms. The summed E-state index contributed by atoms with van der Waals surface area (Å²) in [4.78, 5) is 7.44. The van der Waals surface area contributed by atoms with Crippen LogP contribution in [-0.4, -0.2) is 49.6 Å². The van der Waals surface area contributed by atoms with Crippen LogP contribution >= 0.6 is 0 Å². The SMILES string of the molecule is CN(C)CCO/N=C/C=C/[C@H]1CC[C@H]2[C@@H]3CC[C@@H]4C[C@@H](O)CC[C@]4(C)[C@H]3CC[C@]12C. The van der Waals surface area contributed by atoms with Crippen molar-refractivity contribution in [2.45, 2.75) is 77.7 Å². The van der Waals surface area contributed by atoms with Crippen LogP contribution in [0.1, 0.15) is 71.6 Å². The zero-order valence-electron chi connectivity index (χ0n) is 19.7. The molecule has 1 N–H and O–H groups in total. The van der Waals surface area contributed by atoms with Crippen LogP contribution < -0.4 is 0 Å². The Morgan fingerprint density at radius 2 is 1.77 bits per heavy atom. The highest BCUT2D eigenvalue weighted by molar-refractivity contribution is 5.70. The third-order valence-electron chi connectivity index (χ3n) is 9.91. The molecular weight excluding hydrogens is 372 g/mol. The summed E-state index contributed by atoms with van der Waals surface area (Å²) in [5, 5.41) is 14.3. The smallest absolute Gasteiger partial charge is 0.129 e. The molecule has 0 aromatic rings. The molecule has 0 spiro atoms. The average Bonchev–Trinajstić information content (AvgIpc) is 3.04. The monoisotopic (exact) mass is 416 g/mol. The minimum Gasteiger partial charge on any atom is -0.394 e. The normalized spacial score (nSPS) is 46.2. The van der Waals surface area contributed by atoms with E-state index in [-0.39, 0.29) is 6.10 Å². The van der Waals surface area contributed by atoms with Crippen LogP contribution in [0.5, 0.6) is 0 Å². The second-order valence-corrected chi connectivity index (χ2v) is 11.6. The third kappa shape index (κ3) is 4.11. The molecule has 4 saturated carbocycles. The van der Waals surface area contributed by atoms with E-state index in [2.05, 4.69) is 36.1 Å². The number of hydrogen-bond donors (Lipinski definition) is 1. The van der Waals surface area contributed by atoms with Crippen molar-refractivity contribution in [1.82, 2.24) is 4.90 Å². The van der Waals surface area contributed by atoms with Gasteiger partial charge in [0.25, 0.3) is 0 Å². The molecule has 0 unspecified atom stereocenters. The van der Waals surface area contributed by atoms with Gasteiger partial charge in [-0.2, -0.15) is 0 Å². The van der Waals surface area contributed by atoms with Crippen LogP contribution in [0.15, 0.2) is 17.3 Å². The topological polar surface area (TPSA) is 45.1 Å². The van der Waals surface area contributed by atoms with E-state index in [1.165, 1.54) is 44.9 Å². The van der Waals surface area contributed by atoms with Crippen molar-refractivity contribution in [2.24, 2.45) is 45.6 Å². The number of allylic oxidation sites excluding steroid dienone is 2. The Hall–Kier alpha value is -0.870. The second-order valence-electron chi connectivity index (χ2n) is 11.6.